The second-order valence-corrected chi connectivity index (χ2v) is 5.53. The summed E-state index contributed by atoms with van der Waals surface area (Å²) >= 11 is 0. The van der Waals surface area contributed by atoms with Gasteiger partial charge in [0.25, 0.3) is 0 Å². The molecule has 2 heteroatoms. The standard InChI is InChI=1S/C22H17NO/c1-3-8-19(9-4-1)23(20-10-5-2-6-11-20)21-15-13-18(14-16-21)22-12-7-17-24-22/h1-17H. The van der Waals surface area contributed by atoms with Crippen LogP contribution >= 0.6 is 0 Å². The van der Waals surface area contributed by atoms with E-state index in [9.17, 15) is 0 Å². The van der Waals surface area contributed by atoms with Crippen molar-refractivity contribution in [3.8, 4) is 11.3 Å². The first-order chi connectivity index (χ1) is 11.9. The third-order valence-corrected chi connectivity index (χ3v) is 3.96. The van der Waals surface area contributed by atoms with E-state index in [1.165, 1.54) is 0 Å². The van der Waals surface area contributed by atoms with Crippen LogP contribution in [-0.2, 0) is 0 Å². The van der Waals surface area contributed by atoms with E-state index in [0.717, 1.165) is 28.4 Å². The second kappa shape index (κ2) is 6.47. The fourth-order valence-corrected chi connectivity index (χ4v) is 2.82. The summed E-state index contributed by atoms with van der Waals surface area (Å²) in [6.45, 7) is 0. The monoisotopic (exact) mass is 311 g/mol. The molecule has 0 unspecified atom stereocenters. The number of anilines is 3. The van der Waals surface area contributed by atoms with Crippen molar-refractivity contribution in [2.45, 2.75) is 0 Å². The molecule has 4 rings (SSSR count). The van der Waals surface area contributed by atoms with Gasteiger partial charge in [-0.25, -0.2) is 0 Å². The summed E-state index contributed by atoms with van der Waals surface area (Å²) in [5.74, 6) is 0.882. The molecule has 1 aromatic heterocycles. The zero-order valence-corrected chi connectivity index (χ0v) is 13.2. The summed E-state index contributed by atoms with van der Waals surface area (Å²) in [5, 5.41) is 0. The Kier molecular flexibility index (Phi) is 3.86. The van der Waals surface area contributed by atoms with Crippen LogP contribution in [0.2, 0.25) is 0 Å². The summed E-state index contributed by atoms with van der Waals surface area (Å²) in [6.07, 6.45) is 1.70. The third kappa shape index (κ3) is 2.82. The predicted octanol–water partition coefficient (Wildman–Crippen LogP) is 6.42. The molecule has 0 saturated heterocycles. The minimum absolute atomic E-state index is 0.882. The Morgan fingerprint density at radius 2 is 1.04 bits per heavy atom. The van der Waals surface area contributed by atoms with Gasteiger partial charge in [0, 0.05) is 22.6 Å². The van der Waals surface area contributed by atoms with E-state index < -0.39 is 0 Å². The molecule has 0 aliphatic carbocycles. The summed E-state index contributed by atoms with van der Waals surface area (Å²) < 4.78 is 5.48. The minimum Gasteiger partial charge on any atom is -0.464 e. The Bertz CT molecular complexity index is 842. The molecular weight excluding hydrogens is 294 g/mol. The van der Waals surface area contributed by atoms with E-state index in [2.05, 4.69) is 77.7 Å². The minimum atomic E-state index is 0.882. The predicted molar refractivity (Wildman–Crippen MR) is 98.8 cm³/mol. The highest BCUT2D eigenvalue weighted by Gasteiger charge is 2.12. The lowest BCUT2D eigenvalue weighted by atomic mass is 10.1. The molecular formula is C22H17NO. The van der Waals surface area contributed by atoms with Crippen molar-refractivity contribution < 1.29 is 4.42 Å². The highest BCUT2D eigenvalue weighted by Crippen LogP contribution is 2.35. The lowest BCUT2D eigenvalue weighted by Crippen LogP contribution is -2.09. The fourth-order valence-electron chi connectivity index (χ4n) is 2.82. The van der Waals surface area contributed by atoms with Crippen molar-refractivity contribution in [3.63, 3.8) is 0 Å². The van der Waals surface area contributed by atoms with Gasteiger partial charge >= 0.3 is 0 Å². The van der Waals surface area contributed by atoms with Gasteiger partial charge in [-0.05, 0) is 60.7 Å². The van der Waals surface area contributed by atoms with E-state index in [-0.39, 0.29) is 0 Å². The molecule has 0 spiro atoms. The van der Waals surface area contributed by atoms with E-state index in [0.29, 0.717) is 0 Å². The van der Waals surface area contributed by atoms with Crippen LogP contribution in [0.15, 0.2) is 108 Å². The quantitative estimate of drug-likeness (QED) is 0.432. The van der Waals surface area contributed by atoms with Crippen molar-refractivity contribution >= 4 is 17.1 Å². The number of nitrogens with zero attached hydrogens (tertiary/aromatic N) is 1. The Morgan fingerprint density at radius 3 is 1.54 bits per heavy atom. The number of hydrogen-bond acceptors (Lipinski definition) is 2. The maximum absolute atomic E-state index is 5.48. The highest BCUT2D eigenvalue weighted by molar-refractivity contribution is 5.77. The lowest BCUT2D eigenvalue weighted by molar-refractivity contribution is 0.582. The van der Waals surface area contributed by atoms with Gasteiger partial charge in [0.05, 0.1) is 6.26 Å². The molecule has 0 amide bonds. The molecule has 116 valence electrons. The molecule has 0 fully saturated rings. The van der Waals surface area contributed by atoms with Crippen LogP contribution in [0.5, 0.6) is 0 Å². The van der Waals surface area contributed by atoms with Gasteiger partial charge in [-0.15, -0.1) is 0 Å². The first kappa shape index (κ1) is 14.3. The first-order valence-electron chi connectivity index (χ1n) is 7.96. The molecule has 0 N–H and O–H groups in total. The average molecular weight is 311 g/mol. The molecule has 0 aliphatic rings. The van der Waals surface area contributed by atoms with Crippen molar-refractivity contribution in [1.82, 2.24) is 0 Å². The van der Waals surface area contributed by atoms with E-state index in [1.54, 1.807) is 6.26 Å². The van der Waals surface area contributed by atoms with Crippen molar-refractivity contribution in [3.05, 3.63) is 103 Å². The largest absolute Gasteiger partial charge is 0.464 e. The van der Waals surface area contributed by atoms with Crippen molar-refractivity contribution in [2.24, 2.45) is 0 Å². The third-order valence-electron chi connectivity index (χ3n) is 3.96. The molecule has 0 aliphatic heterocycles. The Balaban J connectivity index is 1.77. The van der Waals surface area contributed by atoms with E-state index in [1.807, 2.05) is 24.3 Å². The zero-order chi connectivity index (χ0) is 16.2. The molecule has 4 aromatic rings. The average Bonchev–Trinajstić information content (AvgIpc) is 3.19. The van der Waals surface area contributed by atoms with Crippen LogP contribution in [0, 0.1) is 0 Å². The van der Waals surface area contributed by atoms with Crippen molar-refractivity contribution in [2.75, 3.05) is 4.90 Å². The SMILES string of the molecule is c1ccc(N(c2ccccc2)c2ccc(-c3ccco3)cc2)cc1. The van der Waals surface area contributed by atoms with Crippen LogP contribution in [0.1, 0.15) is 0 Å². The molecule has 24 heavy (non-hydrogen) atoms. The summed E-state index contributed by atoms with van der Waals surface area (Å²) in [5.41, 5.74) is 4.46. The fraction of sp³-hybridized carbons (Fsp3) is 0. The van der Waals surface area contributed by atoms with Gasteiger partial charge in [0.15, 0.2) is 0 Å². The van der Waals surface area contributed by atoms with Gasteiger partial charge in [0.2, 0.25) is 0 Å². The van der Waals surface area contributed by atoms with E-state index >= 15 is 0 Å². The molecule has 1 heterocycles. The number of rotatable bonds is 4. The summed E-state index contributed by atoms with van der Waals surface area (Å²) in [6, 6.07) is 33.1. The first-order valence-corrected chi connectivity index (χ1v) is 7.96. The van der Waals surface area contributed by atoms with Crippen LogP contribution in [0.4, 0.5) is 17.1 Å². The van der Waals surface area contributed by atoms with Crippen LogP contribution < -0.4 is 4.90 Å². The van der Waals surface area contributed by atoms with Crippen molar-refractivity contribution in [1.29, 1.82) is 0 Å². The Hall–Kier alpha value is -3.26. The smallest absolute Gasteiger partial charge is 0.133 e. The number of para-hydroxylation sites is 2. The molecule has 3 aromatic carbocycles. The number of hydrogen-bond donors (Lipinski definition) is 0. The molecule has 0 atom stereocenters. The molecule has 2 nitrogen and oxygen atoms in total. The van der Waals surface area contributed by atoms with Crippen LogP contribution in [-0.4, -0.2) is 0 Å². The second-order valence-electron chi connectivity index (χ2n) is 5.53. The normalized spacial score (nSPS) is 10.5. The Labute approximate surface area is 141 Å². The lowest BCUT2D eigenvalue weighted by Gasteiger charge is -2.25. The highest BCUT2D eigenvalue weighted by atomic mass is 16.3. The molecule has 0 radical (unpaired) electrons. The van der Waals surface area contributed by atoms with Gasteiger partial charge in [-0.1, -0.05) is 36.4 Å². The van der Waals surface area contributed by atoms with Gasteiger partial charge in [-0.2, -0.15) is 0 Å². The number of benzene rings is 3. The van der Waals surface area contributed by atoms with Gasteiger partial charge in [0.1, 0.15) is 5.76 Å². The maximum Gasteiger partial charge on any atom is 0.133 e. The topological polar surface area (TPSA) is 16.4 Å². The summed E-state index contributed by atoms with van der Waals surface area (Å²) in [7, 11) is 0. The van der Waals surface area contributed by atoms with Crippen LogP contribution in [0.3, 0.4) is 0 Å². The van der Waals surface area contributed by atoms with Gasteiger partial charge in [-0.3, -0.25) is 0 Å². The Morgan fingerprint density at radius 1 is 0.500 bits per heavy atom. The van der Waals surface area contributed by atoms with Crippen LogP contribution in [0.25, 0.3) is 11.3 Å². The molecule has 0 bridgehead atoms. The maximum atomic E-state index is 5.48. The van der Waals surface area contributed by atoms with E-state index in [4.69, 9.17) is 4.42 Å². The van der Waals surface area contributed by atoms with Gasteiger partial charge < -0.3 is 9.32 Å². The summed E-state index contributed by atoms with van der Waals surface area (Å²) in [4.78, 5) is 2.24. The molecule has 0 saturated carbocycles. The number of furan rings is 1. The zero-order valence-electron chi connectivity index (χ0n) is 13.2.